The molecule has 4 heteroatoms. The van der Waals surface area contributed by atoms with Crippen LogP contribution in [0.15, 0.2) is 24.3 Å². The van der Waals surface area contributed by atoms with Gasteiger partial charge in [-0.25, -0.2) is 0 Å². The Kier molecular flexibility index (Phi) is 4.84. The molecule has 0 saturated carbocycles. The lowest BCUT2D eigenvalue weighted by atomic mass is 9.85. The van der Waals surface area contributed by atoms with Gasteiger partial charge in [-0.05, 0) is 50.5 Å². The van der Waals surface area contributed by atoms with Gasteiger partial charge in [-0.1, -0.05) is 12.1 Å². The molecule has 1 fully saturated rings. The van der Waals surface area contributed by atoms with E-state index >= 15 is 0 Å². The van der Waals surface area contributed by atoms with Crippen LogP contribution < -0.4 is 15.8 Å². The molecule has 1 aromatic rings. The van der Waals surface area contributed by atoms with E-state index in [2.05, 4.69) is 5.32 Å². The Morgan fingerprint density at radius 1 is 1.33 bits per heavy atom. The van der Waals surface area contributed by atoms with E-state index < -0.39 is 0 Å². The zero-order valence-corrected chi connectivity index (χ0v) is 10.6. The zero-order valence-electron chi connectivity index (χ0n) is 10.6. The molecular weight excluding hydrogens is 228 g/mol. The molecule has 0 amide bonds. The maximum Gasteiger partial charge on any atom is 0.160 e. The maximum absolute atomic E-state index is 9.64. The molecular formula is C14H22N2O2. The second-order valence-electron chi connectivity index (χ2n) is 4.86. The first-order valence-electron chi connectivity index (χ1n) is 6.63. The van der Waals surface area contributed by atoms with Crippen molar-refractivity contribution in [3.8, 4) is 11.5 Å². The topological polar surface area (TPSA) is 67.5 Å². The summed E-state index contributed by atoms with van der Waals surface area (Å²) in [6.07, 6.45) is 2.32. The lowest BCUT2D eigenvalue weighted by Crippen LogP contribution is -2.37. The number of aromatic hydroxyl groups is 1. The average molecular weight is 250 g/mol. The molecule has 1 unspecified atom stereocenters. The van der Waals surface area contributed by atoms with Crippen LogP contribution in [0.1, 0.15) is 12.8 Å². The smallest absolute Gasteiger partial charge is 0.160 e. The highest BCUT2D eigenvalue weighted by Crippen LogP contribution is 2.27. The molecule has 1 aromatic carbocycles. The van der Waals surface area contributed by atoms with Gasteiger partial charge >= 0.3 is 0 Å². The van der Waals surface area contributed by atoms with Gasteiger partial charge in [-0.15, -0.1) is 0 Å². The molecule has 0 spiro atoms. The number of nitrogens with one attached hydrogen (secondary N) is 1. The standard InChI is InChI=1S/C14H22N2O2/c15-9-12(11-5-7-16-8-6-11)10-18-14-4-2-1-3-13(14)17/h1-4,11-12,16-17H,5-10,15H2. The van der Waals surface area contributed by atoms with Crippen molar-refractivity contribution in [2.75, 3.05) is 26.2 Å². The van der Waals surface area contributed by atoms with Crippen molar-refractivity contribution >= 4 is 0 Å². The van der Waals surface area contributed by atoms with Crippen LogP contribution in [0, 0.1) is 11.8 Å². The minimum absolute atomic E-state index is 0.193. The van der Waals surface area contributed by atoms with Gasteiger partial charge < -0.3 is 20.9 Å². The molecule has 2 rings (SSSR count). The van der Waals surface area contributed by atoms with Gasteiger partial charge in [0.15, 0.2) is 11.5 Å². The quantitative estimate of drug-likeness (QED) is 0.738. The van der Waals surface area contributed by atoms with E-state index in [1.807, 2.05) is 6.07 Å². The summed E-state index contributed by atoms with van der Waals surface area (Å²) in [5.74, 6) is 1.73. The van der Waals surface area contributed by atoms with Crippen molar-refractivity contribution in [2.24, 2.45) is 17.6 Å². The lowest BCUT2D eigenvalue weighted by molar-refractivity contribution is 0.169. The minimum Gasteiger partial charge on any atom is -0.504 e. The third kappa shape index (κ3) is 3.37. The van der Waals surface area contributed by atoms with Gasteiger partial charge in [0.25, 0.3) is 0 Å². The van der Waals surface area contributed by atoms with E-state index in [4.69, 9.17) is 10.5 Å². The molecule has 1 atom stereocenters. The summed E-state index contributed by atoms with van der Waals surface area (Å²) < 4.78 is 5.69. The molecule has 4 nitrogen and oxygen atoms in total. The molecule has 4 N–H and O–H groups in total. The number of phenolic OH excluding ortho intramolecular Hbond substituents is 1. The number of benzene rings is 1. The van der Waals surface area contributed by atoms with Gasteiger partial charge in [0.2, 0.25) is 0 Å². The zero-order chi connectivity index (χ0) is 12.8. The Morgan fingerprint density at radius 2 is 2.06 bits per heavy atom. The molecule has 1 aliphatic rings. The van der Waals surface area contributed by atoms with Crippen LogP contribution in [0.3, 0.4) is 0 Å². The SMILES string of the molecule is NCC(COc1ccccc1O)C1CCNCC1. The number of ether oxygens (including phenoxy) is 1. The second kappa shape index (κ2) is 6.61. The van der Waals surface area contributed by atoms with E-state index in [1.54, 1.807) is 18.2 Å². The van der Waals surface area contributed by atoms with E-state index in [9.17, 15) is 5.11 Å². The summed E-state index contributed by atoms with van der Waals surface area (Å²) in [5.41, 5.74) is 5.84. The van der Waals surface area contributed by atoms with Gasteiger partial charge in [-0.2, -0.15) is 0 Å². The van der Waals surface area contributed by atoms with Crippen LogP contribution >= 0.6 is 0 Å². The van der Waals surface area contributed by atoms with Gasteiger partial charge in [0.1, 0.15) is 0 Å². The summed E-state index contributed by atoms with van der Waals surface area (Å²) in [4.78, 5) is 0. The largest absolute Gasteiger partial charge is 0.504 e. The second-order valence-corrected chi connectivity index (χ2v) is 4.86. The third-order valence-electron chi connectivity index (χ3n) is 3.67. The Morgan fingerprint density at radius 3 is 2.72 bits per heavy atom. The lowest BCUT2D eigenvalue weighted by Gasteiger charge is -2.29. The molecule has 1 aliphatic heterocycles. The van der Waals surface area contributed by atoms with Crippen molar-refractivity contribution in [3.63, 3.8) is 0 Å². The highest BCUT2D eigenvalue weighted by Gasteiger charge is 2.23. The highest BCUT2D eigenvalue weighted by molar-refractivity contribution is 5.37. The van der Waals surface area contributed by atoms with Crippen LogP contribution in [0.25, 0.3) is 0 Å². The minimum atomic E-state index is 0.193. The molecule has 1 saturated heterocycles. The first kappa shape index (κ1) is 13.2. The van der Waals surface area contributed by atoms with Crippen LogP contribution in [0.4, 0.5) is 0 Å². The van der Waals surface area contributed by atoms with Gasteiger partial charge in [0, 0.05) is 5.92 Å². The van der Waals surface area contributed by atoms with E-state index in [1.165, 1.54) is 0 Å². The fourth-order valence-corrected chi connectivity index (χ4v) is 2.49. The van der Waals surface area contributed by atoms with Crippen molar-refractivity contribution in [1.82, 2.24) is 5.32 Å². The fourth-order valence-electron chi connectivity index (χ4n) is 2.49. The molecule has 1 heterocycles. The van der Waals surface area contributed by atoms with Gasteiger partial charge in [0.05, 0.1) is 6.61 Å². The number of para-hydroxylation sites is 2. The van der Waals surface area contributed by atoms with Crippen molar-refractivity contribution in [3.05, 3.63) is 24.3 Å². The van der Waals surface area contributed by atoms with Crippen molar-refractivity contribution < 1.29 is 9.84 Å². The number of rotatable bonds is 5. The Hall–Kier alpha value is -1.26. The predicted molar refractivity (Wildman–Crippen MR) is 71.7 cm³/mol. The Labute approximate surface area is 108 Å². The Bertz CT molecular complexity index is 365. The first-order chi connectivity index (χ1) is 8.81. The summed E-state index contributed by atoms with van der Waals surface area (Å²) in [7, 11) is 0. The van der Waals surface area contributed by atoms with Gasteiger partial charge in [-0.3, -0.25) is 0 Å². The maximum atomic E-state index is 9.64. The van der Waals surface area contributed by atoms with E-state index in [0.717, 1.165) is 25.9 Å². The summed E-state index contributed by atoms with van der Waals surface area (Å²) in [6.45, 7) is 3.35. The summed E-state index contributed by atoms with van der Waals surface area (Å²) in [5, 5.41) is 13.0. The number of hydrogen-bond acceptors (Lipinski definition) is 4. The van der Waals surface area contributed by atoms with Crippen LogP contribution in [0.5, 0.6) is 11.5 Å². The molecule has 0 aromatic heterocycles. The molecule has 18 heavy (non-hydrogen) atoms. The fraction of sp³-hybridized carbons (Fsp3) is 0.571. The number of piperidine rings is 1. The number of nitrogens with two attached hydrogens (primary N) is 1. The number of hydrogen-bond donors (Lipinski definition) is 3. The Balaban J connectivity index is 1.88. The van der Waals surface area contributed by atoms with E-state index in [-0.39, 0.29) is 5.75 Å². The molecule has 100 valence electrons. The monoisotopic (exact) mass is 250 g/mol. The average Bonchev–Trinajstić information content (AvgIpc) is 2.42. The van der Waals surface area contributed by atoms with Crippen molar-refractivity contribution in [1.29, 1.82) is 0 Å². The highest BCUT2D eigenvalue weighted by atomic mass is 16.5. The molecule has 0 bridgehead atoms. The summed E-state index contributed by atoms with van der Waals surface area (Å²) >= 11 is 0. The summed E-state index contributed by atoms with van der Waals surface area (Å²) in [6, 6.07) is 7.06. The van der Waals surface area contributed by atoms with E-state index in [0.29, 0.717) is 30.7 Å². The number of phenols is 1. The predicted octanol–water partition coefficient (Wildman–Crippen LogP) is 1.35. The van der Waals surface area contributed by atoms with Crippen LogP contribution in [-0.4, -0.2) is 31.3 Å². The third-order valence-corrected chi connectivity index (χ3v) is 3.67. The first-order valence-corrected chi connectivity index (χ1v) is 6.63. The van der Waals surface area contributed by atoms with Crippen LogP contribution in [-0.2, 0) is 0 Å². The van der Waals surface area contributed by atoms with Crippen LogP contribution in [0.2, 0.25) is 0 Å². The molecule has 0 radical (unpaired) electrons. The van der Waals surface area contributed by atoms with Crippen molar-refractivity contribution in [2.45, 2.75) is 12.8 Å². The normalized spacial score (nSPS) is 18.5. The molecule has 0 aliphatic carbocycles.